The van der Waals surface area contributed by atoms with Gasteiger partial charge in [-0.3, -0.25) is 0 Å². The van der Waals surface area contributed by atoms with Gasteiger partial charge in [0, 0.05) is 6.54 Å². The van der Waals surface area contributed by atoms with Gasteiger partial charge in [0.2, 0.25) is 0 Å². The fourth-order valence-electron chi connectivity index (χ4n) is 2.38. The maximum Gasteiger partial charge on any atom is 0.169 e. The Morgan fingerprint density at radius 2 is 1.90 bits per heavy atom. The van der Waals surface area contributed by atoms with Crippen LogP contribution < -0.4 is 5.73 Å². The molecule has 0 saturated carbocycles. The minimum atomic E-state index is 0.575. The van der Waals surface area contributed by atoms with Crippen molar-refractivity contribution < 1.29 is 0 Å². The summed E-state index contributed by atoms with van der Waals surface area (Å²) in [5.74, 6) is 2.23. The number of anilines is 1. The quantitative estimate of drug-likeness (QED) is 0.797. The van der Waals surface area contributed by atoms with Crippen molar-refractivity contribution >= 4 is 5.82 Å². The summed E-state index contributed by atoms with van der Waals surface area (Å²) < 4.78 is 3.79. The molecule has 0 atom stereocenters. The number of rotatable bonds is 4. The topological polar surface area (TPSA) is 74.5 Å². The van der Waals surface area contributed by atoms with E-state index < -0.39 is 0 Å². The number of nitrogens with zero attached hydrogens (tertiary/aromatic N) is 5. The van der Waals surface area contributed by atoms with Crippen molar-refractivity contribution in [1.29, 1.82) is 0 Å². The fraction of sp³-hybridized carbons (Fsp3) is 0.267. The Kier molecular flexibility index (Phi) is 3.43. The third-order valence-corrected chi connectivity index (χ3v) is 3.43. The van der Waals surface area contributed by atoms with Crippen LogP contribution >= 0.6 is 0 Å². The normalized spacial score (nSPS) is 11.0. The molecule has 2 aromatic heterocycles. The van der Waals surface area contributed by atoms with Gasteiger partial charge in [-0.2, -0.15) is 5.10 Å². The standard InChI is InChI=1S/C15H18N6/c1-3-9-20-11(2)18-19-15(20)13-10-17-21(14(13)16)12-7-5-4-6-8-12/h4-8,10H,3,9,16H2,1-2H3. The Bertz CT molecular complexity index is 741. The zero-order valence-electron chi connectivity index (χ0n) is 12.2. The van der Waals surface area contributed by atoms with Crippen LogP contribution in [0.2, 0.25) is 0 Å². The molecular formula is C15H18N6. The highest BCUT2D eigenvalue weighted by molar-refractivity contribution is 5.69. The summed E-state index contributed by atoms with van der Waals surface area (Å²) in [6, 6.07) is 9.81. The molecule has 1 aromatic carbocycles. The van der Waals surface area contributed by atoms with Crippen molar-refractivity contribution in [2.24, 2.45) is 0 Å². The second-order valence-corrected chi connectivity index (χ2v) is 4.91. The van der Waals surface area contributed by atoms with Crippen LogP contribution in [0, 0.1) is 6.92 Å². The van der Waals surface area contributed by atoms with Crippen LogP contribution in [-0.4, -0.2) is 24.5 Å². The van der Waals surface area contributed by atoms with Crippen LogP contribution in [0.1, 0.15) is 19.2 Å². The van der Waals surface area contributed by atoms with E-state index in [2.05, 4.69) is 26.8 Å². The number of nitrogens with two attached hydrogens (primary N) is 1. The maximum absolute atomic E-state index is 6.26. The van der Waals surface area contributed by atoms with Crippen molar-refractivity contribution in [2.45, 2.75) is 26.8 Å². The van der Waals surface area contributed by atoms with E-state index in [0.29, 0.717) is 5.82 Å². The average molecular weight is 282 g/mol. The van der Waals surface area contributed by atoms with Crippen molar-refractivity contribution in [3.8, 4) is 17.1 Å². The summed E-state index contributed by atoms with van der Waals surface area (Å²) in [7, 11) is 0. The van der Waals surface area contributed by atoms with Crippen molar-refractivity contribution in [2.75, 3.05) is 5.73 Å². The second kappa shape index (κ2) is 5.40. The largest absolute Gasteiger partial charge is 0.383 e. The third-order valence-electron chi connectivity index (χ3n) is 3.43. The van der Waals surface area contributed by atoms with E-state index in [1.54, 1.807) is 10.9 Å². The first-order valence-corrected chi connectivity index (χ1v) is 7.01. The highest BCUT2D eigenvalue weighted by Gasteiger charge is 2.17. The van der Waals surface area contributed by atoms with E-state index >= 15 is 0 Å². The molecule has 0 unspecified atom stereocenters. The summed E-state index contributed by atoms with van der Waals surface area (Å²) in [5, 5.41) is 12.8. The van der Waals surface area contributed by atoms with E-state index in [1.165, 1.54) is 0 Å². The molecule has 2 heterocycles. The minimum absolute atomic E-state index is 0.575. The van der Waals surface area contributed by atoms with E-state index in [-0.39, 0.29) is 0 Å². The summed E-state index contributed by atoms with van der Waals surface area (Å²) in [6.45, 7) is 4.94. The van der Waals surface area contributed by atoms with E-state index in [4.69, 9.17) is 5.73 Å². The minimum Gasteiger partial charge on any atom is -0.383 e. The first-order chi connectivity index (χ1) is 10.2. The second-order valence-electron chi connectivity index (χ2n) is 4.91. The van der Waals surface area contributed by atoms with Gasteiger partial charge in [0.1, 0.15) is 11.6 Å². The van der Waals surface area contributed by atoms with Gasteiger partial charge in [0.15, 0.2) is 5.82 Å². The maximum atomic E-state index is 6.26. The molecule has 3 rings (SSSR count). The Morgan fingerprint density at radius 1 is 1.14 bits per heavy atom. The Hall–Kier alpha value is -2.63. The molecule has 2 N–H and O–H groups in total. The highest BCUT2D eigenvalue weighted by atomic mass is 15.3. The fourth-order valence-corrected chi connectivity index (χ4v) is 2.38. The molecule has 0 amide bonds. The van der Waals surface area contributed by atoms with Crippen LogP contribution in [-0.2, 0) is 6.54 Å². The summed E-state index contributed by atoms with van der Waals surface area (Å²) in [4.78, 5) is 0. The van der Waals surface area contributed by atoms with E-state index in [0.717, 1.165) is 35.9 Å². The van der Waals surface area contributed by atoms with Gasteiger partial charge in [-0.25, -0.2) is 4.68 Å². The van der Waals surface area contributed by atoms with Gasteiger partial charge in [0.25, 0.3) is 0 Å². The molecule has 6 heteroatoms. The lowest BCUT2D eigenvalue weighted by atomic mass is 10.3. The molecule has 0 bridgehead atoms. The predicted molar refractivity (Wildman–Crippen MR) is 82.0 cm³/mol. The lowest BCUT2D eigenvalue weighted by Crippen LogP contribution is -2.05. The van der Waals surface area contributed by atoms with E-state index in [1.807, 2.05) is 37.3 Å². The van der Waals surface area contributed by atoms with Crippen LogP contribution in [0.3, 0.4) is 0 Å². The number of benzene rings is 1. The first-order valence-electron chi connectivity index (χ1n) is 7.01. The lowest BCUT2D eigenvalue weighted by Gasteiger charge is -2.07. The Balaban J connectivity index is 2.08. The zero-order chi connectivity index (χ0) is 14.8. The molecule has 0 spiro atoms. The summed E-state index contributed by atoms with van der Waals surface area (Å²) in [5.41, 5.74) is 8.00. The van der Waals surface area contributed by atoms with Crippen LogP contribution in [0.5, 0.6) is 0 Å². The molecule has 0 aliphatic carbocycles. The summed E-state index contributed by atoms with van der Waals surface area (Å²) >= 11 is 0. The smallest absolute Gasteiger partial charge is 0.169 e. The molecule has 0 aliphatic rings. The van der Waals surface area contributed by atoms with Gasteiger partial charge in [-0.1, -0.05) is 25.1 Å². The lowest BCUT2D eigenvalue weighted by molar-refractivity contribution is 0.663. The molecular weight excluding hydrogens is 264 g/mol. The zero-order valence-corrected chi connectivity index (χ0v) is 12.2. The van der Waals surface area contributed by atoms with Gasteiger partial charge in [-0.05, 0) is 25.5 Å². The molecule has 0 saturated heterocycles. The summed E-state index contributed by atoms with van der Waals surface area (Å²) in [6.07, 6.45) is 2.76. The molecule has 6 nitrogen and oxygen atoms in total. The van der Waals surface area contributed by atoms with E-state index in [9.17, 15) is 0 Å². The SMILES string of the molecule is CCCn1c(C)nnc1-c1cnn(-c2ccccc2)c1N. The first kappa shape index (κ1) is 13.4. The predicted octanol–water partition coefficient (Wildman–Crippen LogP) is 2.43. The number of hydrogen-bond donors (Lipinski definition) is 1. The number of aryl methyl sites for hydroxylation is 1. The van der Waals surface area contributed by atoms with Gasteiger partial charge >= 0.3 is 0 Å². The molecule has 0 fully saturated rings. The van der Waals surface area contributed by atoms with Gasteiger partial charge in [-0.15, -0.1) is 10.2 Å². The van der Waals surface area contributed by atoms with Gasteiger partial charge in [0.05, 0.1) is 17.4 Å². The molecule has 108 valence electrons. The number of nitrogen functional groups attached to an aromatic ring is 1. The van der Waals surface area contributed by atoms with Gasteiger partial charge < -0.3 is 10.3 Å². The Labute approximate surface area is 123 Å². The van der Waals surface area contributed by atoms with Crippen LogP contribution in [0.15, 0.2) is 36.5 Å². The van der Waals surface area contributed by atoms with Crippen molar-refractivity contribution in [3.63, 3.8) is 0 Å². The van der Waals surface area contributed by atoms with Crippen molar-refractivity contribution in [1.82, 2.24) is 24.5 Å². The van der Waals surface area contributed by atoms with Crippen LogP contribution in [0.4, 0.5) is 5.82 Å². The molecule has 0 aliphatic heterocycles. The number of hydrogen-bond acceptors (Lipinski definition) is 4. The van der Waals surface area contributed by atoms with Crippen LogP contribution in [0.25, 0.3) is 17.1 Å². The molecule has 0 radical (unpaired) electrons. The monoisotopic (exact) mass is 282 g/mol. The number of para-hydroxylation sites is 1. The third kappa shape index (κ3) is 2.29. The highest BCUT2D eigenvalue weighted by Crippen LogP contribution is 2.26. The number of aromatic nitrogens is 5. The Morgan fingerprint density at radius 3 is 2.62 bits per heavy atom. The molecule has 3 aromatic rings. The molecule has 21 heavy (non-hydrogen) atoms. The average Bonchev–Trinajstić information content (AvgIpc) is 3.05. The van der Waals surface area contributed by atoms with Crippen molar-refractivity contribution in [3.05, 3.63) is 42.4 Å².